The van der Waals surface area contributed by atoms with Gasteiger partial charge in [-0.05, 0) is 51.4 Å². The molecule has 0 aromatic rings. The molecule has 0 rings (SSSR count). The molecule has 0 heterocycles. The van der Waals surface area contributed by atoms with Gasteiger partial charge >= 0.3 is 0 Å². The number of nitrogens with one attached hydrogen (secondary N) is 1. The molecule has 0 aliphatic rings. The number of rotatable bonds is 37. The van der Waals surface area contributed by atoms with Crippen molar-refractivity contribution in [2.45, 2.75) is 161 Å². The van der Waals surface area contributed by atoms with Crippen molar-refractivity contribution < 1.29 is 38.0 Å². The number of phosphoric ester groups is 1. The number of aliphatic hydroxyl groups excluding tert-OH is 2. The summed E-state index contributed by atoms with van der Waals surface area (Å²) < 4.78 is 23.1. The molecule has 56 heavy (non-hydrogen) atoms. The number of quaternary nitrogens is 1. The first-order valence-corrected chi connectivity index (χ1v) is 23.0. The average molecular weight is 805 g/mol. The van der Waals surface area contributed by atoms with E-state index in [1.807, 2.05) is 63.7 Å². The molecule has 322 valence electrons. The van der Waals surface area contributed by atoms with Crippen LogP contribution in [0.2, 0.25) is 0 Å². The maximum atomic E-state index is 12.8. The van der Waals surface area contributed by atoms with Gasteiger partial charge in [-0.3, -0.25) is 9.36 Å². The molecule has 10 heteroatoms. The van der Waals surface area contributed by atoms with Gasteiger partial charge in [0.15, 0.2) is 0 Å². The minimum absolute atomic E-state index is 0.0283. The Labute approximate surface area is 342 Å². The number of carbonyl (C=O) groups is 1. The predicted molar refractivity (Wildman–Crippen MR) is 234 cm³/mol. The average Bonchev–Trinajstić information content (AvgIpc) is 3.14. The summed E-state index contributed by atoms with van der Waals surface area (Å²) in [4.78, 5) is 25.2. The Bertz CT molecular complexity index is 1200. The van der Waals surface area contributed by atoms with Gasteiger partial charge in [0.05, 0.1) is 46.0 Å². The Morgan fingerprint density at radius 2 is 1.27 bits per heavy atom. The van der Waals surface area contributed by atoms with E-state index < -0.39 is 32.7 Å². The van der Waals surface area contributed by atoms with Gasteiger partial charge in [-0.15, -0.1) is 0 Å². The van der Waals surface area contributed by atoms with Crippen molar-refractivity contribution in [1.29, 1.82) is 0 Å². The Balaban J connectivity index is 4.67. The van der Waals surface area contributed by atoms with Gasteiger partial charge in [-0.1, -0.05) is 170 Å². The molecule has 4 atom stereocenters. The number of amides is 1. The van der Waals surface area contributed by atoms with E-state index in [0.29, 0.717) is 23.9 Å². The van der Waals surface area contributed by atoms with Crippen LogP contribution in [0.4, 0.5) is 0 Å². The van der Waals surface area contributed by atoms with Gasteiger partial charge in [0.25, 0.3) is 7.82 Å². The second-order valence-corrected chi connectivity index (χ2v) is 16.9. The molecule has 0 fully saturated rings. The molecule has 2 unspecified atom stereocenters. The van der Waals surface area contributed by atoms with Gasteiger partial charge in [0.2, 0.25) is 5.91 Å². The van der Waals surface area contributed by atoms with Crippen LogP contribution in [0.25, 0.3) is 0 Å². The van der Waals surface area contributed by atoms with Crippen LogP contribution in [-0.2, 0) is 18.4 Å². The third-order valence-electron chi connectivity index (χ3n) is 8.95. The normalized spacial score (nSPS) is 15.8. The minimum atomic E-state index is -4.62. The van der Waals surface area contributed by atoms with Crippen LogP contribution in [0.1, 0.15) is 142 Å². The molecule has 0 aromatic heterocycles. The number of hydrogen-bond acceptors (Lipinski definition) is 7. The summed E-state index contributed by atoms with van der Waals surface area (Å²) in [6.07, 6.45) is 46.7. The van der Waals surface area contributed by atoms with Gasteiger partial charge < -0.3 is 34.0 Å². The first-order chi connectivity index (χ1) is 26.9. The van der Waals surface area contributed by atoms with Crippen molar-refractivity contribution in [2.75, 3.05) is 40.9 Å². The van der Waals surface area contributed by atoms with Gasteiger partial charge in [-0.2, -0.15) is 0 Å². The lowest BCUT2D eigenvalue weighted by atomic mass is 10.0. The predicted octanol–water partition coefficient (Wildman–Crippen LogP) is 10.1. The maximum absolute atomic E-state index is 12.8. The summed E-state index contributed by atoms with van der Waals surface area (Å²) in [6, 6.07) is -0.946. The first-order valence-electron chi connectivity index (χ1n) is 21.6. The second-order valence-electron chi connectivity index (χ2n) is 15.5. The highest BCUT2D eigenvalue weighted by molar-refractivity contribution is 7.45. The molecule has 0 aliphatic heterocycles. The van der Waals surface area contributed by atoms with E-state index in [9.17, 15) is 24.5 Å². The Hall–Kier alpha value is -2.36. The number of allylic oxidation sites excluding steroid dienone is 11. The lowest BCUT2D eigenvalue weighted by molar-refractivity contribution is -0.870. The van der Waals surface area contributed by atoms with Crippen LogP contribution in [0.5, 0.6) is 0 Å². The highest BCUT2D eigenvalue weighted by atomic mass is 31.2. The van der Waals surface area contributed by atoms with Crippen molar-refractivity contribution in [1.82, 2.24) is 5.32 Å². The standard InChI is InChI=1S/C46H81N2O7P/c1-6-8-10-12-14-15-16-17-18-19-23-26-30-34-38-45(50)44(42-55-56(52,53)54-41-40-48(3,4)5)47-46(51)39-35-31-27-24-21-20-22-25-29-33-37-43(49)36-32-28-13-11-9-7-2/h9,11,20-21,25,27-29,31-34,37-38,43-45,49-50H,6-8,10,12-19,22-24,26,30,35-36,39-42H2,1-5H3,(H-,47,51,52,53)/b11-9-,21-20-,29-25-,31-27-,32-28-,37-33+,38-34+/t43?,44-,45+/m0/s1. The summed E-state index contributed by atoms with van der Waals surface area (Å²) in [7, 11) is 1.17. The zero-order valence-electron chi connectivity index (χ0n) is 35.9. The number of unbranched alkanes of at least 4 members (excludes halogenated alkanes) is 12. The highest BCUT2D eigenvalue weighted by Crippen LogP contribution is 2.38. The Morgan fingerprint density at radius 3 is 1.89 bits per heavy atom. The van der Waals surface area contributed by atoms with E-state index in [-0.39, 0.29) is 18.9 Å². The molecule has 0 aliphatic carbocycles. The number of carbonyl (C=O) groups excluding carboxylic acids is 1. The summed E-state index contributed by atoms with van der Waals surface area (Å²) in [5.41, 5.74) is 0. The third-order valence-corrected chi connectivity index (χ3v) is 9.92. The lowest BCUT2D eigenvalue weighted by Crippen LogP contribution is -2.45. The van der Waals surface area contributed by atoms with Crippen LogP contribution in [-0.4, -0.2) is 79.8 Å². The van der Waals surface area contributed by atoms with Crippen LogP contribution >= 0.6 is 7.82 Å². The minimum Gasteiger partial charge on any atom is -0.756 e. The van der Waals surface area contributed by atoms with Crippen molar-refractivity contribution in [3.8, 4) is 0 Å². The summed E-state index contributed by atoms with van der Waals surface area (Å²) in [5.74, 6) is -0.303. The van der Waals surface area contributed by atoms with E-state index in [4.69, 9.17) is 9.05 Å². The van der Waals surface area contributed by atoms with Crippen molar-refractivity contribution in [3.05, 3.63) is 85.1 Å². The largest absolute Gasteiger partial charge is 0.756 e. The van der Waals surface area contributed by atoms with Crippen LogP contribution < -0.4 is 10.2 Å². The van der Waals surface area contributed by atoms with E-state index in [2.05, 4.69) is 49.5 Å². The molecular weight excluding hydrogens is 723 g/mol. The summed E-state index contributed by atoms with van der Waals surface area (Å²) in [6.45, 7) is 4.37. The van der Waals surface area contributed by atoms with Crippen LogP contribution in [0, 0.1) is 0 Å². The SMILES string of the molecule is CC/C=C\C/C=C\CC(O)/C=C/C=C\C/C=C\C/C=C\CCC(=O)N[C@@H](COP(=O)([O-])OCC[N+](C)(C)C)[C@H](O)/C=C/CCCCCCCCCCCCCC. The lowest BCUT2D eigenvalue weighted by Gasteiger charge is -2.29. The van der Waals surface area contributed by atoms with Crippen molar-refractivity contribution in [2.24, 2.45) is 0 Å². The summed E-state index contributed by atoms with van der Waals surface area (Å²) >= 11 is 0. The fourth-order valence-electron chi connectivity index (χ4n) is 5.49. The van der Waals surface area contributed by atoms with E-state index >= 15 is 0 Å². The summed E-state index contributed by atoms with van der Waals surface area (Å²) in [5, 5.41) is 23.7. The second kappa shape index (κ2) is 36.9. The molecule has 0 radical (unpaired) electrons. The molecule has 9 nitrogen and oxygen atoms in total. The zero-order chi connectivity index (χ0) is 41.6. The first kappa shape index (κ1) is 53.6. The number of likely N-dealkylation sites (N-methyl/N-ethyl adjacent to an activating group) is 1. The van der Waals surface area contributed by atoms with Crippen LogP contribution in [0.15, 0.2) is 85.1 Å². The molecule has 0 spiro atoms. The monoisotopic (exact) mass is 805 g/mol. The molecule has 0 aromatic carbocycles. The highest BCUT2D eigenvalue weighted by Gasteiger charge is 2.23. The van der Waals surface area contributed by atoms with Gasteiger partial charge in [0, 0.05) is 6.42 Å². The number of nitrogens with zero attached hydrogens (tertiary/aromatic N) is 1. The zero-order valence-corrected chi connectivity index (χ0v) is 36.8. The van der Waals surface area contributed by atoms with E-state index in [1.165, 1.54) is 64.2 Å². The molecular formula is C46H81N2O7P. The number of hydrogen-bond donors (Lipinski definition) is 3. The van der Waals surface area contributed by atoms with Gasteiger partial charge in [0.1, 0.15) is 13.2 Å². The molecule has 0 bridgehead atoms. The molecule has 1 amide bonds. The quantitative estimate of drug-likeness (QED) is 0.0188. The third kappa shape index (κ3) is 38.5. The fraction of sp³-hybridized carbons (Fsp3) is 0.674. The number of phosphoric acid groups is 1. The van der Waals surface area contributed by atoms with Crippen molar-refractivity contribution >= 4 is 13.7 Å². The Kier molecular flexibility index (Phi) is 35.4. The topological polar surface area (TPSA) is 128 Å². The van der Waals surface area contributed by atoms with E-state index in [0.717, 1.165) is 44.9 Å². The van der Waals surface area contributed by atoms with E-state index in [1.54, 1.807) is 12.2 Å². The van der Waals surface area contributed by atoms with Crippen molar-refractivity contribution in [3.63, 3.8) is 0 Å². The fourth-order valence-corrected chi connectivity index (χ4v) is 6.22. The molecule has 3 N–H and O–H groups in total. The Morgan fingerprint density at radius 1 is 0.696 bits per heavy atom. The molecule has 0 saturated carbocycles. The van der Waals surface area contributed by atoms with Gasteiger partial charge in [-0.25, -0.2) is 0 Å². The smallest absolute Gasteiger partial charge is 0.268 e. The number of aliphatic hydroxyl groups is 2. The maximum Gasteiger partial charge on any atom is 0.268 e. The van der Waals surface area contributed by atoms with Crippen LogP contribution in [0.3, 0.4) is 0 Å². The molecule has 0 saturated heterocycles.